The van der Waals surface area contributed by atoms with Crippen LogP contribution in [-0.4, -0.2) is 11.6 Å². The lowest BCUT2D eigenvalue weighted by Gasteiger charge is -2.27. The first kappa shape index (κ1) is 17.9. The molecule has 0 atom stereocenters. The molecule has 0 N–H and O–H groups in total. The van der Waals surface area contributed by atoms with Gasteiger partial charge in [0.25, 0.3) is 0 Å². The molecule has 3 aromatic rings. The van der Waals surface area contributed by atoms with Crippen LogP contribution in [0.5, 0.6) is 0 Å². The summed E-state index contributed by atoms with van der Waals surface area (Å²) in [5.74, 6) is 2.68. The molecule has 2 heteroatoms. The molecule has 0 amide bonds. The fourth-order valence-electron chi connectivity index (χ4n) is 3.29. The Morgan fingerprint density at radius 3 is 2.20 bits per heavy atom. The fourth-order valence-corrected chi connectivity index (χ4v) is 3.92. The molecule has 0 saturated heterocycles. The van der Waals surface area contributed by atoms with Crippen molar-refractivity contribution < 1.29 is 0 Å². The highest BCUT2D eigenvalue weighted by atomic mass is 32.2. The molecule has 3 aromatic carbocycles. The first-order valence-electron chi connectivity index (χ1n) is 9.09. The quantitative estimate of drug-likeness (QED) is 0.438. The summed E-state index contributed by atoms with van der Waals surface area (Å²) in [6.45, 7) is 7.72. The molecule has 25 heavy (non-hydrogen) atoms. The van der Waals surface area contributed by atoms with Gasteiger partial charge in [-0.3, -0.25) is 0 Å². The Balaban J connectivity index is 2.04. The van der Waals surface area contributed by atoms with Gasteiger partial charge in [-0.25, -0.2) is 0 Å². The van der Waals surface area contributed by atoms with Gasteiger partial charge in [0.1, 0.15) is 0 Å². The monoisotopic (exact) mass is 349 g/mol. The van der Waals surface area contributed by atoms with Crippen molar-refractivity contribution in [3.63, 3.8) is 0 Å². The van der Waals surface area contributed by atoms with Crippen LogP contribution in [0, 0.1) is 0 Å². The van der Waals surface area contributed by atoms with Crippen LogP contribution in [0.2, 0.25) is 0 Å². The highest BCUT2D eigenvalue weighted by Crippen LogP contribution is 2.34. The van der Waals surface area contributed by atoms with Crippen molar-refractivity contribution in [1.29, 1.82) is 0 Å². The Morgan fingerprint density at radius 1 is 0.840 bits per heavy atom. The predicted octanol–water partition coefficient (Wildman–Crippen LogP) is 6.68. The third-order valence-electron chi connectivity index (χ3n) is 4.56. The lowest BCUT2D eigenvalue weighted by Crippen LogP contribution is -2.22. The first-order valence-corrected chi connectivity index (χ1v) is 10.2. The van der Waals surface area contributed by atoms with Gasteiger partial charge >= 0.3 is 0 Å². The number of hydrogen-bond donors (Lipinski definition) is 0. The molecule has 0 aliphatic heterocycles. The molecule has 0 aliphatic carbocycles. The van der Waals surface area contributed by atoms with Gasteiger partial charge in [-0.2, -0.15) is 0 Å². The summed E-state index contributed by atoms with van der Waals surface area (Å²) in [5.41, 5.74) is 4.13. The zero-order valence-electron chi connectivity index (χ0n) is 15.4. The molecule has 0 unspecified atom stereocenters. The minimum Gasteiger partial charge on any atom is -0.357 e. The lowest BCUT2D eigenvalue weighted by molar-refractivity contribution is 0.872. The molecule has 130 valence electrons. The van der Waals surface area contributed by atoms with Gasteiger partial charge in [0, 0.05) is 17.6 Å². The molecular weight excluding hydrogens is 322 g/mol. The van der Waals surface area contributed by atoms with Crippen LogP contribution in [0.15, 0.2) is 66.7 Å². The minimum atomic E-state index is 0.534. The molecule has 0 aliphatic rings. The van der Waals surface area contributed by atoms with Crippen LogP contribution in [0.3, 0.4) is 0 Å². The van der Waals surface area contributed by atoms with E-state index in [1.807, 2.05) is 11.8 Å². The Morgan fingerprint density at radius 2 is 1.52 bits per heavy atom. The Hall–Kier alpha value is -1.93. The topological polar surface area (TPSA) is 3.24 Å². The summed E-state index contributed by atoms with van der Waals surface area (Å²) in [6.07, 6.45) is 0. The molecule has 1 nitrogen and oxygen atoms in total. The molecular formula is C23H27NS. The van der Waals surface area contributed by atoms with Gasteiger partial charge in [-0.05, 0) is 34.3 Å². The number of thioether (sulfide) groups is 1. The van der Waals surface area contributed by atoms with Gasteiger partial charge in [-0.15, -0.1) is 11.8 Å². The van der Waals surface area contributed by atoms with E-state index in [1.165, 1.54) is 27.6 Å². The fraction of sp³-hybridized carbons (Fsp3) is 0.304. The van der Waals surface area contributed by atoms with Crippen molar-refractivity contribution >= 4 is 28.2 Å². The van der Waals surface area contributed by atoms with Crippen LogP contribution >= 0.6 is 11.8 Å². The number of fused-ring (bicyclic) bond motifs is 1. The predicted molar refractivity (Wildman–Crippen MR) is 114 cm³/mol. The van der Waals surface area contributed by atoms with Crippen LogP contribution in [-0.2, 0) is 6.54 Å². The highest BCUT2D eigenvalue weighted by Gasteiger charge is 2.14. The molecule has 0 aromatic heterocycles. The number of nitrogens with zero attached hydrogens (tertiary/aromatic N) is 1. The average molecular weight is 350 g/mol. The maximum Gasteiger partial charge on any atom is 0.0643 e. The third kappa shape index (κ3) is 4.19. The van der Waals surface area contributed by atoms with Crippen molar-refractivity contribution in [1.82, 2.24) is 0 Å². The maximum atomic E-state index is 2.51. The van der Waals surface area contributed by atoms with E-state index in [0.29, 0.717) is 5.92 Å². The molecule has 0 fully saturated rings. The van der Waals surface area contributed by atoms with Crippen molar-refractivity contribution in [3.05, 3.63) is 77.9 Å². The normalized spacial score (nSPS) is 11.2. The second-order valence-electron chi connectivity index (χ2n) is 6.68. The van der Waals surface area contributed by atoms with Crippen LogP contribution in [0.1, 0.15) is 37.8 Å². The van der Waals surface area contributed by atoms with Crippen molar-refractivity contribution in [2.75, 3.05) is 16.5 Å². The summed E-state index contributed by atoms with van der Waals surface area (Å²) in [6, 6.07) is 24.2. The summed E-state index contributed by atoms with van der Waals surface area (Å²) in [7, 11) is 0. The molecule has 3 rings (SSSR count). The van der Waals surface area contributed by atoms with Crippen LogP contribution in [0.25, 0.3) is 10.8 Å². The Bertz CT molecular complexity index is 811. The number of benzene rings is 3. The summed E-state index contributed by atoms with van der Waals surface area (Å²) in [4.78, 5) is 2.51. The number of rotatable bonds is 7. The van der Waals surface area contributed by atoms with E-state index in [0.717, 1.165) is 18.2 Å². The van der Waals surface area contributed by atoms with Gasteiger partial charge in [0.15, 0.2) is 0 Å². The summed E-state index contributed by atoms with van der Waals surface area (Å²) in [5, 5.41) is 2.75. The van der Waals surface area contributed by atoms with Gasteiger partial charge in [-0.1, -0.05) is 81.4 Å². The van der Waals surface area contributed by atoms with E-state index in [4.69, 9.17) is 0 Å². The number of hydrogen-bond acceptors (Lipinski definition) is 2. The largest absolute Gasteiger partial charge is 0.357 e. The van der Waals surface area contributed by atoms with Crippen LogP contribution in [0.4, 0.5) is 5.69 Å². The molecule has 0 bridgehead atoms. The Labute approximate surface area is 156 Å². The molecule has 0 spiro atoms. The van der Waals surface area contributed by atoms with Gasteiger partial charge < -0.3 is 4.90 Å². The van der Waals surface area contributed by atoms with E-state index in [9.17, 15) is 0 Å². The van der Waals surface area contributed by atoms with E-state index in [-0.39, 0.29) is 0 Å². The van der Waals surface area contributed by atoms with E-state index >= 15 is 0 Å². The summed E-state index contributed by atoms with van der Waals surface area (Å²) < 4.78 is 0. The second-order valence-corrected chi connectivity index (χ2v) is 7.92. The summed E-state index contributed by atoms with van der Waals surface area (Å²) >= 11 is 1.98. The number of anilines is 1. The highest BCUT2D eigenvalue weighted by molar-refractivity contribution is 7.99. The second kappa shape index (κ2) is 8.44. The standard InChI is InChI=1S/C23H27NS/c1-4-25-17-24(16-19-10-6-5-7-11-19)23-15-14-20(18(2)3)21-12-8-9-13-22(21)23/h5-15,18H,4,16-17H2,1-3H3. The molecule has 0 saturated carbocycles. The van der Waals surface area contributed by atoms with Crippen molar-refractivity contribution in [3.8, 4) is 0 Å². The van der Waals surface area contributed by atoms with Crippen molar-refractivity contribution in [2.45, 2.75) is 33.2 Å². The van der Waals surface area contributed by atoms with Gasteiger partial charge in [0.2, 0.25) is 0 Å². The SMILES string of the molecule is CCSCN(Cc1ccccc1)c1ccc(C(C)C)c2ccccc12. The van der Waals surface area contributed by atoms with E-state index < -0.39 is 0 Å². The Kier molecular flexibility index (Phi) is 6.04. The molecule has 0 heterocycles. The average Bonchev–Trinajstić information content (AvgIpc) is 2.65. The van der Waals surface area contributed by atoms with E-state index in [1.54, 1.807) is 0 Å². The zero-order chi connectivity index (χ0) is 17.6. The van der Waals surface area contributed by atoms with E-state index in [2.05, 4.69) is 92.4 Å². The minimum absolute atomic E-state index is 0.534. The lowest BCUT2D eigenvalue weighted by atomic mass is 9.95. The van der Waals surface area contributed by atoms with Crippen LogP contribution < -0.4 is 4.90 Å². The zero-order valence-corrected chi connectivity index (χ0v) is 16.2. The van der Waals surface area contributed by atoms with Crippen molar-refractivity contribution in [2.24, 2.45) is 0 Å². The third-order valence-corrected chi connectivity index (χ3v) is 5.47. The molecule has 0 radical (unpaired) electrons. The first-order chi connectivity index (χ1) is 12.2. The smallest absolute Gasteiger partial charge is 0.0643 e. The van der Waals surface area contributed by atoms with Gasteiger partial charge in [0.05, 0.1) is 5.88 Å². The maximum absolute atomic E-state index is 2.51.